The highest BCUT2D eigenvalue weighted by Gasteiger charge is 2.36. The molecule has 0 radical (unpaired) electrons. The van der Waals surface area contributed by atoms with Crippen LogP contribution in [0.2, 0.25) is 5.02 Å². The molecule has 196 valence electrons. The molecule has 36 heavy (non-hydrogen) atoms. The Labute approximate surface area is 218 Å². The second kappa shape index (κ2) is 15.7. The van der Waals surface area contributed by atoms with Crippen molar-refractivity contribution in [1.82, 2.24) is 15.1 Å². The molecule has 1 aromatic heterocycles. The van der Waals surface area contributed by atoms with E-state index in [2.05, 4.69) is 40.2 Å². The van der Waals surface area contributed by atoms with Crippen LogP contribution in [0, 0.1) is 19.8 Å². The van der Waals surface area contributed by atoms with Crippen molar-refractivity contribution in [2.24, 2.45) is 4.99 Å². The van der Waals surface area contributed by atoms with Gasteiger partial charge in [-0.05, 0) is 51.6 Å². The standard InChI is InChI=1S/C19H21ClF3N5O2.C3H5Cl.C2H2/c1-5-24-9-28-14(8-15(27-28)19(21,22)23)18(30)26-16-11(4)6-12(20)7-13(16)17(29)25-10(2)3;1-2-3-4;1-2/h5-8,10H,9H2,1-4H3,(H,25,29)(H,26,30);2H,1,3H2;1-2H/b24-5-;;. The normalized spacial score (nSPS) is 10.7. The summed E-state index contributed by atoms with van der Waals surface area (Å²) in [6.45, 7) is 9.81. The number of carbonyl (C=O) groups is 2. The summed E-state index contributed by atoms with van der Waals surface area (Å²) in [4.78, 5) is 29.2. The van der Waals surface area contributed by atoms with Crippen molar-refractivity contribution in [2.75, 3.05) is 11.2 Å². The highest BCUT2D eigenvalue weighted by atomic mass is 35.5. The highest BCUT2D eigenvalue weighted by molar-refractivity contribution is 6.31. The Bertz CT molecular complexity index is 1090. The van der Waals surface area contributed by atoms with Crippen LogP contribution in [-0.4, -0.2) is 39.7 Å². The largest absolute Gasteiger partial charge is 0.435 e. The fourth-order valence-electron chi connectivity index (χ4n) is 2.61. The van der Waals surface area contributed by atoms with Gasteiger partial charge < -0.3 is 10.6 Å². The van der Waals surface area contributed by atoms with Gasteiger partial charge in [-0.15, -0.1) is 31.0 Å². The first-order valence-electron chi connectivity index (χ1n) is 10.4. The maximum atomic E-state index is 13.1. The lowest BCUT2D eigenvalue weighted by Gasteiger charge is -2.16. The number of benzene rings is 1. The van der Waals surface area contributed by atoms with Crippen molar-refractivity contribution in [1.29, 1.82) is 0 Å². The van der Waals surface area contributed by atoms with Gasteiger partial charge in [-0.3, -0.25) is 14.6 Å². The number of hydrogen-bond acceptors (Lipinski definition) is 4. The van der Waals surface area contributed by atoms with Crippen LogP contribution >= 0.6 is 23.2 Å². The molecule has 12 heteroatoms. The molecule has 1 heterocycles. The number of aromatic nitrogens is 2. The van der Waals surface area contributed by atoms with Crippen LogP contribution in [0.3, 0.4) is 0 Å². The molecule has 0 unspecified atom stereocenters. The molecule has 0 fully saturated rings. The minimum Gasteiger partial charge on any atom is -0.350 e. The third kappa shape index (κ3) is 10.1. The lowest BCUT2D eigenvalue weighted by Crippen LogP contribution is -2.31. The number of halogens is 5. The molecule has 2 rings (SSSR count). The van der Waals surface area contributed by atoms with E-state index in [-0.39, 0.29) is 34.7 Å². The van der Waals surface area contributed by atoms with E-state index >= 15 is 0 Å². The summed E-state index contributed by atoms with van der Waals surface area (Å²) < 4.78 is 40.1. The van der Waals surface area contributed by atoms with Crippen molar-refractivity contribution in [2.45, 2.75) is 46.6 Å². The molecule has 0 atom stereocenters. The number of nitrogens with one attached hydrogen (secondary N) is 2. The third-order valence-electron chi connectivity index (χ3n) is 4.01. The first kappa shape index (κ1) is 32.7. The molecule has 2 aromatic rings. The molecule has 0 saturated heterocycles. The van der Waals surface area contributed by atoms with Crippen LogP contribution < -0.4 is 10.6 Å². The molecular formula is C24H28Cl2F3N5O2. The fourth-order valence-corrected chi connectivity index (χ4v) is 2.88. The average molecular weight is 546 g/mol. The lowest BCUT2D eigenvalue weighted by molar-refractivity contribution is -0.141. The molecule has 0 aliphatic heterocycles. The number of aryl methyl sites for hydroxylation is 1. The van der Waals surface area contributed by atoms with Gasteiger partial charge in [0.2, 0.25) is 0 Å². The Morgan fingerprint density at radius 2 is 1.83 bits per heavy atom. The summed E-state index contributed by atoms with van der Waals surface area (Å²) in [5, 5.41) is 8.93. The van der Waals surface area contributed by atoms with E-state index in [4.69, 9.17) is 23.2 Å². The number of nitrogens with zero attached hydrogens (tertiary/aromatic N) is 3. The summed E-state index contributed by atoms with van der Waals surface area (Å²) in [6.07, 6.45) is 6.30. The molecular weight excluding hydrogens is 518 g/mol. The number of allylic oxidation sites excluding steroid dienone is 1. The number of alkyl halides is 4. The second-order valence-electron chi connectivity index (χ2n) is 7.16. The molecule has 1 aromatic carbocycles. The Kier molecular flexibility index (Phi) is 14.2. The summed E-state index contributed by atoms with van der Waals surface area (Å²) in [5.41, 5.74) is -0.862. The van der Waals surface area contributed by atoms with Crippen molar-refractivity contribution >= 4 is 46.9 Å². The maximum Gasteiger partial charge on any atom is 0.435 e. The van der Waals surface area contributed by atoms with E-state index in [0.717, 1.165) is 4.68 Å². The van der Waals surface area contributed by atoms with E-state index in [1.165, 1.54) is 18.3 Å². The van der Waals surface area contributed by atoms with Gasteiger partial charge in [-0.1, -0.05) is 17.7 Å². The summed E-state index contributed by atoms with van der Waals surface area (Å²) in [5.74, 6) is -0.792. The van der Waals surface area contributed by atoms with Gasteiger partial charge in [0.25, 0.3) is 11.8 Å². The molecule has 0 aliphatic carbocycles. The number of hydrogen-bond donors (Lipinski definition) is 2. The van der Waals surface area contributed by atoms with E-state index in [1.54, 1.807) is 33.8 Å². The Morgan fingerprint density at radius 1 is 1.25 bits per heavy atom. The minimum absolute atomic E-state index is 0.0933. The predicted octanol–water partition coefficient (Wildman–Crippen LogP) is 5.96. The SMILES string of the molecule is C#C.C/C=N\Cn1nc(C(F)(F)F)cc1C(=O)Nc1c(C)cc(Cl)cc1C(=O)NC(C)C.C=CCCl. The van der Waals surface area contributed by atoms with Gasteiger partial charge >= 0.3 is 6.18 Å². The van der Waals surface area contributed by atoms with Crippen molar-refractivity contribution < 1.29 is 22.8 Å². The first-order chi connectivity index (χ1) is 16.8. The molecule has 0 spiro atoms. The second-order valence-corrected chi connectivity index (χ2v) is 7.91. The summed E-state index contributed by atoms with van der Waals surface area (Å²) in [7, 11) is 0. The number of anilines is 1. The topological polar surface area (TPSA) is 88.4 Å². The molecule has 0 saturated carbocycles. The Hall–Kier alpha value is -3.29. The van der Waals surface area contributed by atoms with Gasteiger partial charge in [0.15, 0.2) is 5.69 Å². The van der Waals surface area contributed by atoms with Crippen LogP contribution in [0.1, 0.15) is 52.9 Å². The number of amides is 2. The van der Waals surface area contributed by atoms with Crippen LogP contribution in [0.5, 0.6) is 0 Å². The molecule has 2 N–H and O–H groups in total. The fraction of sp³-hybridized carbons (Fsp3) is 0.333. The first-order valence-corrected chi connectivity index (χ1v) is 11.3. The number of terminal acetylenes is 1. The summed E-state index contributed by atoms with van der Waals surface area (Å²) >= 11 is 11.1. The molecule has 7 nitrogen and oxygen atoms in total. The van der Waals surface area contributed by atoms with Crippen LogP contribution in [0.25, 0.3) is 0 Å². The van der Waals surface area contributed by atoms with Crippen molar-refractivity contribution in [3.63, 3.8) is 0 Å². The Morgan fingerprint density at radius 3 is 2.31 bits per heavy atom. The number of carbonyl (C=O) groups excluding carboxylic acids is 2. The van der Waals surface area contributed by atoms with E-state index in [9.17, 15) is 22.8 Å². The van der Waals surface area contributed by atoms with Gasteiger partial charge in [0.1, 0.15) is 12.4 Å². The van der Waals surface area contributed by atoms with Crippen LogP contribution in [0.4, 0.5) is 18.9 Å². The zero-order valence-electron chi connectivity index (χ0n) is 20.3. The lowest BCUT2D eigenvalue weighted by atomic mass is 10.1. The van der Waals surface area contributed by atoms with Crippen molar-refractivity contribution in [3.8, 4) is 12.8 Å². The molecule has 2 amide bonds. The average Bonchev–Trinajstić information content (AvgIpc) is 3.25. The van der Waals surface area contributed by atoms with E-state index in [0.29, 0.717) is 17.5 Å². The zero-order chi connectivity index (χ0) is 28.1. The quantitative estimate of drug-likeness (QED) is 0.194. The molecule has 0 aliphatic rings. The van der Waals surface area contributed by atoms with Gasteiger partial charge in [0, 0.05) is 23.0 Å². The smallest absolute Gasteiger partial charge is 0.350 e. The zero-order valence-corrected chi connectivity index (χ0v) is 21.8. The third-order valence-corrected chi connectivity index (χ3v) is 4.45. The minimum atomic E-state index is -4.73. The van der Waals surface area contributed by atoms with E-state index < -0.39 is 23.7 Å². The number of aliphatic imine (C=N–C) groups is 1. The van der Waals surface area contributed by atoms with Crippen LogP contribution in [0.15, 0.2) is 35.8 Å². The monoisotopic (exact) mass is 545 g/mol. The van der Waals surface area contributed by atoms with Gasteiger partial charge in [-0.25, -0.2) is 4.68 Å². The van der Waals surface area contributed by atoms with Crippen molar-refractivity contribution in [3.05, 3.63) is 58.4 Å². The Balaban J connectivity index is 0.00000185. The van der Waals surface area contributed by atoms with Gasteiger partial charge in [-0.2, -0.15) is 18.3 Å². The maximum absolute atomic E-state index is 13.1. The van der Waals surface area contributed by atoms with Gasteiger partial charge in [0.05, 0.1) is 11.3 Å². The van der Waals surface area contributed by atoms with Crippen LogP contribution in [-0.2, 0) is 12.8 Å². The predicted molar refractivity (Wildman–Crippen MR) is 139 cm³/mol. The van der Waals surface area contributed by atoms with E-state index in [1.807, 2.05) is 0 Å². The number of rotatable bonds is 7. The summed E-state index contributed by atoms with van der Waals surface area (Å²) in [6, 6.07) is 3.37. The molecule has 0 bridgehead atoms. The highest BCUT2D eigenvalue weighted by Crippen LogP contribution is 2.30.